The number of fused-ring (bicyclic) bond motifs is 1. The van der Waals surface area contributed by atoms with E-state index in [1.54, 1.807) is 43.3 Å². The molecule has 2 heterocycles. The summed E-state index contributed by atoms with van der Waals surface area (Å²) in [5.74, 6) is -0.898. The number of carbonyl (C=O) groups is 2. The first-order valence-electron chi connectivity index (χ1n) is 13.9. The van der Waals surface area contributed by atoms with Gasteiger partial charge in [0.25, 0.3) is 11.8 Å². The highest BCUT2D eigenvalue weighted by Crippen LogP contribution is 2.34. The topological polar surface area (TPSA) is 116 Å². The maximum atomic E-state index is 14.1. The quantitative estimate of drug-likeness (QED) is 0.271. The largest absolute Gasteiger partial charge is 0.416 e. The van der Waals surface area contributed by atoms with Gasteiger partial charge in [-0.1, -0.05) is 25.1 Å². The fourth-order valence-electron chi connectivity index (χ4n) is 5.14. The number of para-hydroxylation sites is 1. The molecule has 0 aliphatic carbocycles. The van der Waals surface area contributed by atoms with Gasteiger partial charge >= 0.3 is 6.18 Å². The molecule has 9 nitrogen and oxygen atoms in total. The van der Waals surface area contributed by atoms with Crippen molar-refractivity contribution in [1.82, 2.24) is 19.8 Å². The number of hydrogen-bond acceptors (Lipinski definition) is 7. The number of carbonyl (C=O) groups excluding carboxylic acids is 2. The number of hydrogen-bond donors (Lipinski definition) is 3. The maximum absolute atomic E-state index is 14.1. The number of piperazine rings is 1. The van der Waals surface area contributed by atoms with Crippen LogP contribution in [0, 0.1) is 6.92 Å². The molecule has 43 heavy (non-hydrogen) atoms. The van der Waals surface area contributed by atoms with Gasteiger partial charge in [0.15, 0.2) is 0 Å². The monoisotopic (exact) mass is 591 g/mol. The van der Waals surface area contributed by atoms with E-state index in [4.69, 9.17) is 5.73 Å². The number of halogens is 3. The number of amides is 2. The fourth-order valence-corrected chi connectivity index (χ4v) is 5.14. The molecule has 12 heteroatoms. The Morgan fingerprint density at radius 1 is 0.930 bits per heavy atom. The standard InChI is InChI=1S/C31H32F3N7O2/c1-3-40-11-13-41(14-12-40)17-21-9-8-20(15-25(21)31(32,33)34)29(42)38-22-10-7-19(2)26(16-22)39-30(43)24-6-4-5-23-27(24)36-18-37-28(23)35/h4-10,15-16,18H,3,11-14,17H2,1-2H3,(H,38,42)(H,39,43)(H2,35,36,37). The predicted molar refractivity (Wildman–Crippen MR) is 160 cm³/mol. The number of nitrogens with zero attached hydrogens (tertiary/aromatic N) is 4. The number of anilines is 3. The van der Waals surface area contributed by atoms with E-state index in [0.717, 1.165) is 25.7 Å². The molecule has 4 N–H and O–H groups in total. The second-order valence-corrected chi connectivity index (χ2v) is 10.5. The molecule has 0 unspecified atom stereocenters. The molecule has 1 aromatic heterocycles. The Kier molecular flexibility index (Phi) is 8.60. The number of benzene rings is 3. The average Bonchev–Trinajstić information content (AvgIpc) is 2.98. The van der Waals surface area contributed by atoms with Gasteiger partial charge in [-0.15, -0.1) is 0 Å². The van der Waals surface area contributed by atoms with Crippen LogP contribution in [0.1, 0.15) is 44.3 Å². The second-order valence-electron chi connectivity index (χ2n) is 10.5. The summed E-state index contributed by atoms with van der Waals surface area (Å²) in [5, 5.41) is 6.02. The summed E-state index contributed by atoms with van der Waals surface area (Å²) in [7, 11) is 0. The van der Waals surface area contributed by atoms with Crippen molar-refractivity contribution >= 4 is 39.9 Å². The Bertz CT molecular complexity index is 1670. The highest BCUT2D eigenvalue weighted by atomic mass is 19.4. The van der Waals surface area contributed by atoms with Gasteiger partial charge in [0.2, 0.25) is 0 Å². The lowest BCUT2D eigenvalue weighted by Gasteiger charge is -2.34. The van der Waals surface area contributed by atoms with Crippen LogP contribution in [0.3, 0.4) is 0 Å². The number of aryl methyl sites for hydroxylation is 1. The van der Waals surface area contributed by atoms with E-state index in [0.29, 0.717) is 40.9 Å². The molecule has 5 rings (SSSR count). The molecule has 0 spiro atoms. The first-order chi connectivity index (χ1) is 20.5. The van der Waals surface area contributed by atoms with Crippen molar-refractivity contribution in [3.8, 4) is 0 Å². The number of nitrogens with two attached hydrogens (primary N) is 1. The highest BCUT2D eigenvalue weighted by molar-refractivity contribution is 6.13. The van der Waals surface area contributed by atoms with Gasteiger partial charge in [-0.3, -0.25) is 14.5 Å². The summed E-state index contributed by atoms with van der Waals surface area (Å²) in [6, 6.07) is 13.5. The van der Waals surface area contributed by atoms with E-state index in [-0.39, 0.29) is 29.1 Å². The van der Waals surface area contributed by atoms with Crippen LogP contribution in [-0.2, 0) is 12.7 Å². The first kappa shape index (κ1) is 29.9. The number of nitrogen functional groups attached to an aromatic ring is 1. The summed E-state index contributed by atoms with van der Waals surface area (Å²) >= 11 is 0. The molecule has 2 amide bonds. The zero-order chi connectivity index (χ0) is 30.7. The summed E-state index contributed by atoms with van der Waals surface area (Å²) < 4.78 is 42.2. The zero-order valence-electron chi connectivity index (χ0n) is 23.8. The van der Waals surface area contributed by atoms with E-state index in [9.17, 15) is 22.8 Å². The molecule has 0 radical (unpaired) electrons. The maximum Gasteiger partial charge on any atom is 0.416 e. The number of aromatic nitrogens is 2. The first-order valence-corrected chi connectivity index (χ1v) is 13.9. The zero-order valence-corrected chi connectivity index (χ0v) is 23.8. The Labute approximate surface area is 246 Å². The summed E-state index contributed by atoms with van der Waals surface area (Å²) in [4.78, 5) is 38.6. The van der Waals surface area contributed by atoms with Crippen LogP contribution in [0.4, 0.5) is 30.4 Å². The molecular weight excluding hydrogens is 559 g/mol. The van der Waals surface area contributed by atoms with Gasteiger partial charge in [-0.25, -0.2) is 9.97 Å². The SMILES string of the molecule is CCN1CCN(Cc2ccc(C(=O)Nc3ccc(C)c(NC(=O)c4cccc5c(N)ncnc45)c3)cc2C(F)(F)F)CC1. The molecule has 224 valence electrons. The second kappa shape index (κ2) is 12.4. The van der Waals surface area contributed by atoms with Crippen LogP contribution >= 0.6 is 0 Å². The molecule has 3 aromatic carbocycles. The van der Waals surface area contributed by atoms with Crippen molar-refractivity contribution in [2.45, 2.75) is 26.6 Å². The minimum atomic E-state index is -4.62. The van der Waals surface area contributed by atoms with Crippen LogP contribution in [-0.4, -0.2) is 64.3 Å². The number of likely N-dealkylation sites (N-methyl/N-ethyl adjacent to an activating group) is 1. The Balaban J connectivity index is 1.33. The lowest BCUT2D eigenvalue weighted by molar-refractivity contribution is -0.138. The van der Waals surface area contributed by atoms with Crippen molar-refractivity contribution in [3.63, 3.8) is 0 Å². The molecule has 1 fully saturated rings. The summed E-state index contributed by atoms with van der Waals surface area (Å²) in [6.45, 7) is 7.89. The van der Waals surface area contributed by atoms with Crippen molar-refractivity contribution in [2.75, 3.05) is 49.1 Å². The smallest absolute Gasteiger partial charge is 0.383 e. The van der Waals surface area contributed by atoms with E-state index < -0.39 is 23.6 Å². The lowest BCUT2D eigenvalue weighted by atomic mass is 10.0. The normalized spacial score (nSPS) is 14.5. The van der Waals surface area contributed by atoms with Gasteiger partial charge in [-0.2, -0.15) is 13.2 Å². The molecule has 4 aromatic rings. The van der Waals surface area contributed by atoms with Crippen LogP contribution in [0.5, 0.6) is 0 Å². The van der Waals surface area contributed by atoms with Crippen LogP contribution < -0.4 is 16.4 Å². The van der Waals surface area contributed by atoms with Gasteiger partial charge in [0.05, 0.1) is 16.6 Å². The number of alkyl halides is 3. The van der Waals surface area contributed by atoms with Crippen molar-refractivity contribution in [3.05, 3.63) is 88.7 Å². The lowest BCUT2D eigenvalue weighted by Crippen LogP contribution is -2.45. The summed E-state index contributed by atoms with van der Waals surface area (Å²) in [6.07, 6.45) is -3.34. The average molecular weight is 592 g/mol. The minimum Gasteiger partial charge on any atom is -0.383 e. The van der Waals surface area contributed by atoms with Gasteiger partial charge in [-0.05, 0) is 61.0 Å². The van der Waals surface area contributed by atoms with Crippen LogP contribution in [0.25, 0.3) is 10.9 Å². The van der Waals surface area contributed by atoms with E-state index >= 15 is 0 Å². The third-order valence-corrected chi connectivity index (χ3v) is 7.67. The third kappa shape index (κ3) is 6.76. The molecule has 1 saturated heterocycles. The molecule has 0 saturated carbocycles. The molecular formula is C31H32F3N7O2. The van der Waals surface area contributed by atoms with Crippen molar-refractivity contribution in [1.29, 1.82) is 0 Å². The van der Waals surface area contributed by atoms with E-state index in [1.807, 2.05) is 4.90 Å². The van der Waals surface area contributed by atoms with E-state index in [2.05, 4.69) is 32.4 Å². The van der Waals surface area contributed by atoms with Gasteiger partial charge < -0.3 is 21.3 Å². The highest BCUT2D eigenvalue weighted by Gasteiger charge is 2.34. The number of rotatable bonds is 7. The molecule has 0 atom stereocenters. The minimum absolute atomic E-state index is 0.119. The van der Waals surface area contributed by atoms with E-state index in [1.165, 1.54) is 18.5 Å². The fraction of sp³-hybridized carbons (Fsp3) is 0.290. The third-order valence-electron chi connectivity index (χ3n) is 7.67. The van der Waals surface area contributed by atoms with Crippen LogP contribution in [0.2, 0.25) is 0 Å². The molecule has 0 bridgehead atoms. The van der Waals surface area contributed by atoms with Crippen LogP contribution in [0.15, 0.2) is 60.9 Å². The van der Waals surface area contributed by atoms with Crippen molar-refractivity contribution < 1.29 is 22.8 Å². The Morgan fingerprint density at radius 2 is 1.67 bits per heavy atom. The van der Waals surface area contributed by atoms with Crippen molar-refractivity contribution in [2.24, 2.45) is 0 Å². The summed E-state index contributed by atoms with van der Waals surface area (Å²) in [5.41, 5.74) is 7.22. The predicted octanol–water partition coefficient (Wildman–Crippen LogP) is 5.18. The van der Waals surface area contributed by atoms with Gasteiger partial charge in [0.1, 0.15) is 12.1 Å². The number of nitrogens with one attached hydrogen (secondary N) is 2. The molecule has 1 aliphatic rings. The van der Waals surface area contributed by atoms with Gasteiger partial charge in [0, 0.05) is 55.0 Å². The Morgan fingerprint density at radius 3 is 2.40 bits per heavy atom. The Hall–Kier alpha value is -4.55. The molecule has 1 aliphatic heterocycles.